The van der Waals surface area contributed by atoms with Gasteiger partial charge in [0.2, 0.25) is 0 Å². The van der Waals surface area contributed by atoms with Gasteiger partial charge in [0.15, 0.2) is 0 Å². The Morgan fingerprint density at radius 2 is 1.50 bits per heavy atom. The van der Waals surface area contributed by atoms with Gasteiger partial charge in [0, 0.05) is 5.92 Å². The van der Waals surface area contributed by atoms with Gasteiger partial charge in [-0.1, -0.05) is 58.3 Å². The molecule has 2 nitrogen and oxygen atoms in total. The molecule has 96 valence electrons. The Labute approximate surface area is 100 Å². The lowest BCUT2D eigenvalue weighted by molar-refractivity contribution is -0.114. The van der Waals surface area contributed by atoms with Gasteiger partial charge in [0.05, 0.1) is 6.10 Å². The second kappa shape index (κ2) is 11.1. The minimum atomic E-state index is -0.484. The molecule has 0 aliphatic heterocycles. The number of hydrogen-bond donors (Lipinski definition) is 1. The van der Waals surface area contributed by atoms with Crippen molar-refractivity contribution >= 4 is 6.29 Å². The number of aliphatic hydroxyl groups excluding tert-OH is 1. The van der Waals surface area contributed by atoms with Crippen LogP contribution in [-0.2, 0) is 4.79 Å². The van der Waals surface area contributed by atoms with E-state index in [1.165, 1.54) is 44.9 Å². The van der Waals surface area contributed by atoms with E-state index in [2.05, 4.69) is 6.92 Å². The van der Waals surface area contributed by atoms with Crippen molar-refractivity contribution in [3.8, 4) is 0 Å². The maximum Gasteiger partial charge on any atom is 0.125 e. The molecule has 0 aliphatic rings. The van der Waals surface area contributed by atoms with Gasteiger partial charge >= 0.3 is 0 Å². The molecule has 1 N–H and O–H groups in total. The van der Waals surface area contributed by atoms with Crippen LogP contribution < -0.4 is 0 Å². The van der Waals surface area contributed by atoms with Crippen LogP contribution in [0.1, 0.15) is 71.6 Å². The summed E-state index contributed by atoms with van der Waals surface area (Å²) < 4.78 is 0. The van der Waals surface area contributed by atoms with E-state index in [-0.39, 0.29) is 5.92 Å². The molecule has 0 saturated carbocycles. The van der Waals surface area contributed by atoms with Crippen LogP contribution in [0.3, 0.4) is 0 Å². The van der Waals surface area contributed by atoms with Gasteiger partial charge in [-0.2, -0.15) is 0 Å². The fraction of sp³-hybridized carbons (Fsp3) is 0.929. The zero-order valence-corrected chi connectivity index (χ0v) is 11.0. The Hall–Kier alpha value is -0.370. The maximum absolute atomic E-state index is 10.6. The average Bonchev–Trinajstić information content (AvgIpc) is 2.26. The molecule has 2 atom stereocenters. The van der Waals surface area contributed by atoms with Crippen LogP contribution >= 0.6 is 0 Å². The van der Waals surface area contributed by atoms with Crippen molar-refractivity contribution in [2.24, 2.45) is 5.92 Å². The number of carbonyl (C=O) groups excluding carboxylic acids is 1. The first kappa shape index (κ1) is 15.6. The Morgan fingerprint density at radius 1 is 1.00 bits per heavy atom. The van der Waals surface area contributed by atoms with Crippen molar-refractivity contribution in [1.29, 1.82) is 0 Å². The largest absolute Gasteiger partial charge is 0.393 e. The molecule has 0 radical (unpaired) electrons. The molecule has 0 aromatic rings. The highest BCUT2D eigenvalue weighted by Gasteiger charge is 2.12. The van der Waals surface area contributed by atoms with Gasteiger partial charge in [-0.15, -0.1) is 0 Å². The zero-order valence-electron chi connectivity index (χ0n) is 11.0. The molecule has 0 amide bonds. The second-order valence-corrected chi connectivity index (χ2v) is 4.80. The summed E-state index contributed by atoms with van der Waals surface area (Å²) in [5.41, 5.74) is 0. The topological polar surface area (TPSA) is 37.3 Å². The first-order valence-corrected chi connectivity index (χ1v) is 6.85. The predicted octanol–water partition coefficient (Wildman–Crippen LogP) is 3.71. The van der Waals surface area contributed by atoms with Crippen molar-refractivity contribution in [3.63, 3.8) is 0 Å². The lowest BCUT2D eigenvalue weighted by atomic mass is 9.97. The van der Waals surface area contributed by atoms with E-state index < -0.39 is 6.10 Å². The number of aldehydes is 1. The molecule has 0 spiro atoms. The molecule has 2 heteroatoms. The molecule has 0 aromatic heterocycles. The second-order valence-electron chi connectivity index (χ2n) is 4.80. The first-order chi connectivity index (χ1) is 7.72. The Morgan fingerprint density at radius 3 is 1.94 bits per heavy atom. The number of carbonyl (C=O) groups is 1. The van der Waals surface area contributed by atoms with E-state index >= 15 is 0 Å². The molecule has 0 fully saturated rings. The van der Waals surface area contributed by atoms with Crippen molar-refractivity contribution in [3.05, 3.63) is 0 Å². The maximum atomic E-state index is 10.6. The fourth-order valence-electron chi connectivity index (χ4n) is 1.94. The third-order valence-corrected chi connectivity index (χ3v) is 3.19. The summed E-state index contributed by atoms with van der Waals surface area (Å²) in [5.74, 6) is -0.153. The van der Waals surface area contributed by atoms with Crippen LogP contribution in [0, 0.1) is 5.92 Å². The SMILES string of the molecule is CCCCCCCCCCC(C=O)C(C)O. The van der Waals surface area contributed by atoms with Crippen LogP contribution in [0.5, 0.6) is 0 Å². The Kier molecular flexibility index (Phi) is 10.9. The lowest BCUT2D eigenvalue weighted by Gasteiger charge is -2.12. The summed E-state index contributed by atoms with van der Waals surface area (Å²) in [4.78, 5) is 10.6. The Bertz CT molecular complexity index is 155. The Balaban J connectivity index is 3.22. The van der Waals surface area contributed by atoms with E-state index in [1.54, 1.807) is 6.92 Å². The standard InChI is InChI=1S/C14H28O2/c1-3-4-5-6-7-8-9-10-11-14(12-15)13(2)16/h12-14,16H,3-11H2,1-2H3. The summed E-state index contributed by atoms with van der Waals surface area (Å²) in [6, 6.07) is 0. The zero-order chi connectivity index (χ0) is 12.2. The predicted molar refractivity (Wildman–Crippen MR) is 68.5 cm³/mol. The van der Waals surface area contributed by atoms with E-state index in [0.717, 1.165) is 19.1 Å². The van der Waals surface area contributed by atoms with Crippen molar-refractivity contribution in [2.45, 2.75) is 77.7 Å². The minimum absolute atomic E-state index is 0.153. The van der Waals surface area contributed by atoms with Crippen LogP contribution in [0.2, 0.25) is 0 Å². The van der Waals surface area contributed by atoms with Gasteiger partial charge < -0.3 is 9.90 Å². The summed E-state index contributed by atoms with van der Waals surface area (Å²) in [5, 5.41) is 9.28. The number of rotatable bonds is 11. The molecular formula is C14H28O2. The van der Waals surface area contributed by atoms with Gasteiger partial charge in [0.1, 0.15) is 6.29 Å². The quantitative estimate of drug-likeness (QED) is 0.432. The normalized spacial score (nSPS) is 14.7. The minimum Gasteiger partial charge on any atom is -0.393 e. The molecule has 2 unspecified atom stereocenters. The summed E-state index contributed by atoms with van der Waals surface area (Å²) in [6.07, 6.45) is 11.5. The van der Waals surface area contributed by atoms with Crippen LogP contribution in [0.15, 0.2) is 0 Å². The van der Waals surface area contributed by atoms with Gasteiger partial charge in [0.25, 0.3) is 0 Å². The van der Waals surface area contributed by atoms with Crippen molar-refractivity contribution in [2.75, 3.05) is 0 Å². The molecular weight excluding hydrogens is 200 g/mol. The van der Waals surface area contributed by atoms with E-state index in [9.17, 15) is 9.90 Å². The third-order valence-electron chi connectivity index (χ3n) is 3.19. The van der Waals surface area contributed by atoms with Crippen molar-refractivity contribution < 1.29 is 9.90 Å². The first-order valence-electron chi connectivity index (χ1n) is 6.85. The average molecular weight is 228 g/mol. The van der Waals surface area contributed by atoms with Crippen molar-refractivity contribution in [1.82, 2.24) is 0 Å². The number of aliphatic hydroxyl groups is 1. The summed E-state index contributed by atoms with van der Waals surface area (Å²) in [6.45, 7) is 3.93. The molecule has 0 aliphatic carbocycles. The van der Waals surface area contributed by atoms with Crippen LogP contribution in [-0.4, -0.2) is 17.5 Å². The van der Waals surface area contributed by atoms with Gasteiger partial charge in [-0.25, -0.2) is 0 Å². The van der Waals surface area contributed by atoms with Gasteiger partial charge in [-0.3, -0.25) is 0 Å². The fourth-order valence-corrected chi connectivity index (χ4v) is 1.94. The molecule has 0 heterocycles. The summed E-state index contributed by atoms with van der Waals surface area (Å²) in [7, 11) is 0. The highest BCUT2D eigenvalue weighted by Crippen LogP contribution is 2.14. The lowest BCUT2D eigenvalue weighted by Crippen LogP contribution is -2.17. The molecule has 0 saturated heterocycles. The molecule has 0 rings (SSSR count). The van der Waals surface area contributed by atoms with Crippen LogP contribution in [0.4, 0.5) is 0 Å². The number of hydrogen-bond acceptors (Lipinski definition) is 2. The third kappa shape index (κ3) is 8.90. The van der Waals surface area contributed by atoms with E-state index in [4.69, 9.17) is 0 Å². The van der Waals surface area contributed by atoms with E-state index in [0.29, 0.717) is 0 Å². The van der Waals surface area contributed by atoms with E-state index in [1.807, 2.05) is 0 Å². The molecule has 0 aromatic carbocycles. The smallest absolute Gasteiger partial charge is 0.125 e. The van der Waals surface area contributed by atoms with Gasteiger partial charge in [-0.05, 0) is 13.3 Å². The number of unbranched alkanes of at least 4 members (excludes halogenated alkanes) is 7. The monoisotopic (exact) mass is 228 g/mol. The highest BCUT2D eigenvalue weighted by atomic mass is 16.3. The molecule has 0 bridgehead atoms. The summed E-state index contributed by atoms with van der Waals surface area (Å²) >= 11 is 0. The van der Waals surface area contributed by atoms with Crippen LogP contribution in [0.25, 0.3) is 0 Å². The highest BCUT2D eigenvalue weighted by molar-refractivity contribution is 5.54. The molecule has 16 heavy (non-hydrogen) atoms.